The molecule has 3 amide bonds. The van der Waals surface area contributed by atoms with Gasteiger partial charge in [0, 0.05) is 5.69 Å². The van der Waals surface area contributed by atoms with E-state index in [0.29, 0.717) is 28.3 Å². The average molecular weight is 386 g/mol. The van der Waals surface area contributed by atoms with E-state index in [1.165, 1.54) is 0 Å². The Morgan fingerprint density at radius 1 is 0.862 bits per heavy atom. The van der Waals surface area contributed by atoms with Gasteiger partial charge >= 0.3 is 0 Å². The smallest absolute Gasteiger partial charge is 0.262 e. The highest BCUT2D eigenvalue weighted by atomic mass is 16.5. The fourth-order valence-corrected chi connectivity index (χ4v) is 3.12. The normalized spacial score (nSPS) is 12.7. The maximum absolute atomic E-state index is 12.5. The van der Waals surface area contributed by atoms with E-state index in [-0.39, 0.29) is 6.54 Å². The number of para-hydroxylation sites is 1. The third kappa shape index (κ3) is 3.87. The molecule has 6 heteroatoms. The second-order valence-electron chi connectivity index (χ2n) is 6.73. The zero-order valence-electron chi connectivity index (χ0n) is 15.7. The van der Waals surface area contributed by atoms with Gasteiger partial charge in [-0.3, -0.25) is 19.3 Å². The van der Waals surface area contributed by atoms with Crippen molar-refractivity contribution in [1.82, 2.24) is 4.90 Å². The first-order valence-corrected chi connectivity index (χ1v) is 9.11. The van der Waals surface area contributed by atoms with Crippen LogP contribution in [0, 0.1) is 6.92 Å². The number of anilines is 1. The maximum Gasteiger partial charge on any atom is 0.262 e. The highest BCUT2D eigenvalue weighted by molar-refractivity contribution is 6.22. The molecule has 0 saturated carbocycles. The first-order valence-electron chi connectivity index (χ1n) is 9.11. The number of rotatable bonds is 5. The number of nitrogens with one attached hydrogen (secondary N) is 1. The molecule has 0 spiro atoms. The van der Waals surface area contributed by atoms with Crippen LogP contribution in [-0.2, 0) is 4.79 Å². The van der Waals surface area contributed by atoms with Crippen LogP contribution in [0.25, 0.3) is 0 Å². The monoisotopic (exact) mass is 386 g/mol. The first-order chi connectivity index (χ1) is 14.0. The van der Waals surface area contributed by atoms with Crippen LogP contribution in [0.5, 0.6) is 11.5 Å². The van der Waals surface area contributed by atoms with Crippen LogP contribution >= 0.6 is 0 Å². The number of hydrogen-bond acceptors (Lipinski definition) is 4. The van der Waals surface area contributed by atoms with Crippen molar-refractivity contribution < 1.29 is 19.1 Å². The summed E-state index contributed by atoms with van der Waals surface area (Å²) in [7, 11) is 0. The van der Waals surface area contributed by atoms with Crippen molar-refractivity contribution in [3.8, 4) is 11.5 Å². The van der Waals surface area contributed by atoms with E-state index >= 15 is 0 Å². The number of imide groups is 1. The Morgan fingerprint density at radius 3 is 2.24 bits per heavy atom. The van der Waals surface area contributed by atoms with E-state index in [1.54, 1.807) is 42.5 Å². The van der Waals surface area contributed by atoms with E-state index in [0.717, 1.165) is 10.5 Å². The van der Waals surface area contributed by atoms with Crippen molar-refractivity contribution in [2.45, 2.75) is 6.92 Å². The van der Waals surface area contributed by atoms with Crippen molar-refractivity contribution in [1.29, 1.82) is 0 Å². The zero-order valence-corrected chi connectivity index (χ0v) is 15.7. The van der Waals surface area contributed by atoms with E-state index in [2.05, 4.69) is 5.32 Å². The summed E-state index contributed by atoms with van der Waals surface area (Å²) < 4.78 is 5.71. The number of carbonyl (C=O) groups is 3. The zero-order chi connectivity index (χ0) is 20.4. The molecular weight excluding hydrogens is 368 g/mol. The van der Waals surface area contributed by atoms with Crippen molar-refractivity contribution in [2.24, 2.45) is 0 Å². The Balaban J connectivity index is 1.39. The van der Waals surface area contributed by atoms with Crippen molar-refractivity contribution in [3.63, 3.8) is 0 Å². The second-order valence-corrected chi connectivity index (χ2v) is 6.73. The van der Waals surface area contributed by atoms with Crippen LogP contribution in [0.15, 0.2) is 72.8 Å². The molecule has 0 fully saturated rings. The van der Waals surface area contributed by atoms with E-state index < -0.39 is 17.7 Å². The quantitative estimate of drug-likeness (QED) is 0.672. The molecule has 4 rings (SSSR count). The lowest BCUT2D eigenvalue weighted by molar-refractivity contribution is -0.116. The Hall–Kier alpha value is -3.93. The van der Waals surface area contributed by atoms with Gasteiger partial charge in [0.15, 0.2) is 0 Å². The summed E-state index contributed by atoms with van der Waals surface area (Å²) in [4.78, 5) is 38.2. The molecule has 0 saturated heterocycles. The number of carbonyl (C=O) groups excluding carboxylic acids is 3. The summed E-state index contributed by atoms with van der Waals surface area (Å²) in [5, 5.41) is 2.70. The van der Waals surface area contributed by atoms with E-state index in [9.17, 15) is 14.4 Å². The minimum absolute atomic E-state index is 0.329. The summed E-state index contributed by atoms with van der Waals surface area (Å²) in [5.74, 6) is -0.00904. The molecular formula is C23H18N2O4. The third-order valence-corrected chi connectivity index (χ3v) is 4.54. The van der Waals surface area contributed by atoms with Crippen LogP contribution in [0.3, 0.4) is 0 Å². The number of ether oxygens (including phenoxy) is 1. The number of aryl methyl sites for hydroxylation is 1. The van der Waals surface area contributed by atoms with Crippen molar-refractivity contribution in [2.75, 3.05) is 11.9 Å². The van der Waals surface area contributed by atoms with E-state index in [4.69, 9.17) is 4.74 Å². The van der Waals surface area contributed by atoms with Gasteiger partial charge in [0.05, 0.1) is 11.1 Å². The Morgan fingerprint density at radius 2 is 1.52 bits per heavy atom. The summed E-state index contributed by atoms with van der Waals surface area (Å²) in [6.07, 6.45) is 0. The van der Waals surface area contributed by atoms with Crippen molar-refractivity contribution in [3.05, 3.63) is 89.5 Å². The molecule has 29 heavy (non-hydrogen) atoms. The molecule has 0 atom stereocenters. The van der Waals surface area contributed by atoms with Gasteiger partial charge in [-0.25, -0.2) is 0 Å². The third-order valence-electron chi connectivity index (χ3n) is 4.54. The molecule has 1 aliphatic heterocycles. The largest absolute Gasteiger partial charge is 0.457 e. The minimum Gasteiger partial charge on any atom is -0.457 e. The summed E-state index contributed by atoms with van der Waals surface area (Å²) in [5.41, 5.74) is 2.10. The lowest BCUT2D eigenvalue weighted by Crippen LogP contribution is -2.37. The van der Waals surface area contributed by atoms with Crippen LogP contribution in [-0.4, -0.2) is 29.2 Å². The minimum atomic E-state index is -0.452. The topological polar surface area (TPSA) is 75.7 Å². The molecule has 0 unspecified atom stereocenters. The highest BCUT2D eigenvalue weighted by Crippen LogP contribution is 2.25. The van der Waals surface area contributed by atoms with Crippen LogP contribution < -0.4 is 10.1 Å². The number of amides is 3. The van der Waals surface area contributed by atoms with E-state index in [1.807, 2.05) is 37.3 Å². The molecule has 3 aromatic rings. The molecule has 0 bridgehead atoms. The van der Waals surface area contributed by atoms with Gasteiger partial charge in [0.25, 0.3) is 11.8 Å². The first kappa shape index (κ1) is 18.4. The molecule has 0 radical (unpaired) electrons. The Labute approximate surface area is 167 Å². The van der Waals surface area contributed by atoms with Gasteiger partial charge in [-0.05, 0) is 55.5 Å². The lowest BCUT2D eigenvalue weighted by atomic mass is 10.1. The molecule has 6 nitrogen and oxygen atoms in total. The highest BCUT2D eigenvalue weighted by Gasteiger charge is 2.36. The van der Waals surface area contributed by atoms with Crippen LogP contribution in [0.4, 0.5) is 5.69 Å². The molecule has 1 N–H and O–H groups in total. The predicted octanol–water partition coefficient (Wildman–Crippen LogP) is 4.02. The fraction of sp³-hybridized carbons (Fsp3) is 0.0870. The van der Waals surface area contributed by atoms with Gasteiger partial charge in [-0.1, -0.05) is 29.8 Å². The van der Waals surface area contributed by atoms with Gasteiger partial charge in [0.1, 0.15) is 18.0 Å². The number of benzene rings is 3. The summed E-state index contributed by atoms with van der Waals surface area (Å²) in [6, 6.07) is 21.3. The van der Waals surface area contributed by atoms with Gasteiger partial charge < -0.3 is 10.1 Å². The molecule has 1 heterocycles. The average Bonchev–Trinajstić information content (AvgIpc) is 2.94. The number of nitrogens with zero attached hydrogens (tertiary/aromatic N) is 1. The molecule has 1 aliphatic rings. The molecule has 3 aromatic carbocycles. The molecule has 0 aliphatic carbocycles. The van der Waals surface area contributed by atoms with Gasteiger partial charge in [0.2, 0.25) is 5.91 Å². The standard InChI is InChI=1S/C23H18N2O4/c1-15-7-12-19-20(13-15)23(28)25(22(19)27)14-21(26)24-16-8-10-18(11-9-16)29-17-5-3-2-4-6-17/h2-13H,14H2,1H3,(H,24,26). The predicted molar refractivity (Wildman–Crippen MR) is 108 cm³/mol. The molecule has 144 valence electrons. The molecule has 0 aromatic heterocycles. The van der Waals surface area contributed by atoms with Gasteiger partial charge in [-0.2, -0.15) is 0 Å². The van der Waals surface area contributed by atoms with Crippen LogP contribution in [0.1, 0.15) is 26.3 Å². The van der Waals surface area contributed by atoms with Gasteiger partial charge in [-0.15, -0.1) is 0 Å². The second kappa shape index (κ2) is 7.59. The summed E-state index contributed by atoms with van der Waals surface area (Å²) >= 11 is 0. The van der Waals surface area contributed by atoms with Crippen molar-refractivity contribution >= 4 is 23.4 Å². The number of hydrogen-bond donors (Lipinski definition) is 1. The maximum atomic E-state index is 12.5. The number of fused-ring (bicyclic) bond motifs is 1. The van der Waals surface area contributed by atoms with Crippen LogP contribution in [0.2, 0.25) is 0 Å². The fourth-order valence-electron chi connectivity index (χ4n) is 3.12. The Bertz CT molecular complexity index is 1090. The summed E-state index contributed by atoms with van der Waals surface area (Å²) in [6.45, 7) is 1.51. The lowest BCUT2D eigenvalue weighted by Gasteiger charge is -2.14. The SMILES string of the molecule is Cc1ccc2c(c1)C(=O)N(CC(=O)Nc1ccc(Oc3ccccc3)cc1)C2=O. The Kier molecular flexibility index (Phi) is 4.83.